The first-order chi connectivity index (χ1) is 39.0. The number of benzene rings is 11. The molecule has 4 nitrogen and oxygen atoms in total. The third kappa shape index (κ3) is 7.25. The molecule has 2 aromatic heterocycles. The zero-order chi connectivity index (χ0) is 52.6. The van der Waals surface area contributed by atoms with Crippen molar-refractivity contribution in [3.8, 4) is 22.5 Å². The third-order valence-corrected chi connectivity index (χ3v) is 16.4. The van der Waals surface area contributed by atoms with Gasteiger partial charge in [-0.1, -0.05) is 170 Å². The average molecular weight is 1020 g/mol. The van der Waals surface area contributed by atoms with Crippen molar-refractivity contribution in [2.24, 2.45) is 0 Å². The summed E-state index contributed by atoms with van der Waals surface area (Å²) >= 11 is 0. The summed E-state index contributed by atoms with van der Waals surface area (Å²) < 4.78 is 38.2. The van der Waals surface area contributed by atoms with Gasteiger partial charge in [0.2, 0.25) is 0 Å². The molecule has 0 fully saturated rings. The van der Waals surface area contributed by atoms with E-state index >= 15 is 8.78 Å². The molecule has 2 aliphatic rings. The van der Waals surface area contributed by atoms with Gasteiger partial charge in [-0.2, -0.15) is 0 Å². The number of fused-ring (bicyclic) bond motifs is 9. The van der Waals surface area contributed by atoms with Gasteiger partial charge in [0.15, 0.2) is 0 Å². The van der Waals surface area contributed by atoms with Gasteiger partial charge in [0.05, 0.1) is 33.3 Å². The van der Waals surface area contributed by atoms with Gasteiger partial charge in [-0.05, 0) is 155 Å². The molecule has 2 aliphatic carbocycles. The summed E-state index contributed by atoms with van der Waals surface area (Å²) in [5.41, 5.74) is 17.8. The minimum atomic E-state index is -0.870. The summed E-state index contributed by atoms with van der Waals surface area (Å²) in [5.74, 6) is -0.634. The van der Waals surface area contributed by atoms with Gasteiger partial charge in [-0.3, -0.25) is 0 Å². The fourth-order valence-corrected chi connectivity index (χ4v) is 13.1. The molecule has 0 saturated heterocycles. The summed E-state index contributed by atoms with van der Waals surface area (Å²) in [4.78, 5) is 4.21. The zero-order valence-corrected chi connectivity index (χ0v) is 43.0. The van der Waals surface area contributed by atoms with Crippen LogP contribution in [0.1, 0.15) is 39.9 Å². The van der Waals surface area contributed by atoms with E-state index in [1.165, 1.54) is 11.8 Å². The number of para-hydroxylation sites is 6. The highest BCUT2D eigenvalue weighted by atomic mass is 19.1. The highest BCUT2D eigenvalue weighted by Gasteiger charge is 2.47. The van der Waals surface area contributed by atoms with Crippen molar-refractivity contribution in [1.29, 1.82) is 0 Å². The van der Waals surface area contributed by atoms with E-state index in [9.17, 15) is 0 Å². The summed E-state index contributed by atoms with van der Waals surface area (Å²) in [6.45, 7) is 0. The van der Waals surface area contributed by atoms with Gasteiger partial charge >= 0.3 is 0 Å². The molecule has 0 bridgehead atoms. The van der Waals surface area contributed by atoms with Crippen LogP contribution in [-0.2, 0) is 11.8 Å². The van der Waals surface area contributed by atoms with Gasteiger partial charge in [-0.15, -0.1) is 0 Å². The Morgan fingerprint density at radius 1 is 0.354 bits per heavy atom. The van der Waals surface area contributed by atoms with Gasteiger partial charge < -0.3 is 18.9 Å². The number of anilines is 5. The van der Waals surface area contributed by atoms with Gasteiger partial charge in [0.25, 0.3) is 0 Å². The molecule has 0 atom stereocenters. The van der Waals surface area contributed by atoms with Crippen LogP contribution < -0.4 is 9.80 Å². The SMILES string of the molecule is Fc1ccccc1N(C1=Cc2c(n(-c3ccccc3)c3ccccc23)CC1)c1ccc2c(c1)C(c1ccccc1)(c1ccccc1)c1cc(N(c3ccc4c(c3)c3ccccc3n4-c3ccccc3)c3ccccc3F)ccc1-2. The van der Waals surface area contributed by atoms with E-state index in [0.717, 1.165) is 112 Å². The van der Waals surface area contributed by atoms with E-state index in [2.05, 4.69) is 243 Å². The number of hydrogen-bond donors (Lipinski definition) is 0. The van der Waals surface area contributed by atoms with Gasteiger partial charge in [-0.25, -0.2) is 8.78 Å². The molecular weight excluding hydrogens is 971 g/mol. The van der Waals surface area contributed by atoms with Crippen molar-refractivity contribution in [1.82, 2.24) is 9.13 Å². The van der Waals surface area contributed by atoms with Gasteiger partial charge in [0.1, 0.15) is 11.6 Å². The van der Waals surface area contributed by atoms with Crippen molar-refractivity contribution < 1.29 is 8.78 Å². The molecule has 13 aromatic rings. The topological polar surface area (TPSA) is 16.3 Å². The molecule has 79 heavy (non-hydrogen) atoms. The van der Waals surface area contributed by atoms with E-state index in [1.807, 2.05) is 30.3 Å². The molecule has 2 heterocycles. The van der Waals surface area contributed by atoms with Crippen LogP contribution in [0, 0.1) is 11.6 Å². The van der Waals surface area contributed by atoms with Crippen LogP contribution in [-0.4, -0.2) is 9.13 Å². The zero-order valence-electron chi connectivity index (χ0n) is 43.0. The van der Waals surface area contributed by atoms with Crippen LogP contribution in [0.15, 0.2) is 279 Å². The monoisotopic (exact) mass is 1020 g/mol. The van der Waals surface area contributed by atoms with Crippen molar-refractivity contribution in [2.45, 2.75) is 18.3 Å². The van der Waals surface area contributed by atoms with E-state index in [0.29, 0.717) is 17.8 Å². The van der Waals surface area contributed by atoms with Crippen LogP contribution in [0.25, 0.3) is 61.3 Å². The van der Waals surface area contributed by atoms with Crippen LogP contribution in [0.3, 0.4) is 0 Å². The lowest BCUT2D eigenvalue weighted by Gasteiger charge is -2.36. The Bertz CT molecular complexity index is 4480. The van der Waals surface area contributed by atoms with E-state index in [4.69, 9.17) is 0 Å². The first-order valence-corrected chi connectivity index (χ1v) is 27.0. The lowest BCUT2D eigenvalue weighted by Crippen LogP contribution is -2.29. The molecule has 0 saturated carbocycles. The van der Waals surface area contributed by atoms with Crippen LogP contribution >= 0.6 is 0 Å². The molecule has 15 rings (SSSR count). The van der Waals surface area contributed by atoms with Crippen LogP contribution in [0.4, 0.5) is 37.2 Å². The van der Waals surface area contributed by atoms with E-state index in [-0.39, 0.29) is 11.6 Å². The first kappa shape index (κ1) is 46.3. The van der Waals surface area contributed by atoms with Crippen molar-refractivity contribution >= 4 is 67.2 Å². The highest BCUT2D eigenvalue weighted by molar-refractivity contribution is 6.11. The predicted octanol–water partition coefficient (Wildman–Crippen LogP) is 19.0. The molecule has 6 heteroatoms. The van der Waals surface area contributed by atoms with E-state index < -0.39 is 5.41 Å². The number of halogens is 2. The maximum Gasteiger partial charge on any atom is 0.147 e. The molecule has 11 aromatic carbocycles. The second-order valence-electron chi connectivity index (χ2n) is 20.6. The average Bonchev–Trinajstić information content (AvgIpc) is 3.82. The molecule has 376 valence electrons. The fraction of sp³-hybridized carbons (Fsp3) is 0.0411. The minimum absolute atomic E-state index is 0.303. The summed E-state index contributed by atoms with van der Waals surface area (Å²) in [6.07, 6.45) is 3.72. The quantitative estimate of drug-likeness (QED) is 0.136. The maximum absolute atomic E-state index is 16.8. The second kappa shape index (κ2) is 18.6. The lowest BCUT2D eigenvalue weighted by atomic mass is 9.67. The largest absolute Gasteiger partial charge is 0.313 e. The standard InChI is InChI=1S/C73H50F2N4/c74-65-31-15-19-35-71(65)76(53-39-43-69-61(45-53)59-29-13-17-33-67(59)78(69)51-25-9-3-10-26-51)55-37-41-57-58-42-38-56(48-64(58)73(63(57)47-55,49-21-5-1-6-22-49)50-23-7-2-8-24-50)77(72-36-20-16-32-66(72)75)54-40-44-70-62(46-54)60-30-14-18-34-68(60)79(70)52-27-11-4-12-28-52/h1-39,41-43,45-48H,40,44H2. The Balaban J connectivity index is 0.950. The number of nitrogens with zero attached hydrogens (tertiary/aromatic N) is 4. The normalized spacial score (nSPS) is 13.3. The van der Waals surface area contributed by atoms with E-state index in [1.54, 1.807) is 18.2 Å². The highest BCUT2D eigenvalue weighted by Crippen LogP contribution is 2.59. The summed E-state index contributed by atoms with van der Waals surface area (Å²) in [5, 5.41) is 3.33. The summed E-state index contributed by atoms with van der Waals surface area (Å²) in [6, 6.07) is 93.5. The lowest BCUT2D eigenvalue weighted by molar-refractivity contribution is 0.626. The minimum Gasteiger partial charge on any atom is -0.313 e. The Labute approximate surface area is 457 Å². The van der Waals surface area contributed by atoms with Crippen molar-refractivity contribution in [3.05, 3.63) is 324 Å². The van der Waals surface area contributed by atoms with Crippen LogP contribution in [0.2, 0.25) is 0 Å². The molecule has 0 N–H and O–H groups in total. The maximum atomic E-state index is 16.8. The smallest absolute Gasteiger partial charge is 0.147 e. The molecule has 0 spiro atoms. The van der Waals surface area contributed by atoms with Crippen LogP contribution in [0.5, 0.6) is 0 Å². The molecular formula is C73H50F2N4. The van der Waals surface area contributed by atoms with Gasteiger partial charge in [0, 0.05) is 61.6 Å². The Morgan fingerprint density at radius 3 is 1.39 bits per heavy atom. The van der Waals surface area contributed by atoms with Crippen molar-refractivity contribution in [2.75, 3.05) is 9.80 Å². The Morgan fingerprint density at radius 2 is 0.797 bits per heavy atom. The summed E-state index contributed by atoms with van der Waals surface area (Å²) in [7, 11) is 0. The molecule has 0 amide bonds. The second-order valence-corrected chi connectivity index (χ2v) is 20.6. The van der Waals surface area contributed by atoms with Crippen molar-refractivity contribution in [3.63, 3.8) is 0 Å². The Hall–Kier alpha value is -10.0. The first-order valence-electron chi connectivity index (χ1n) is 27.0. The number of aromatic nitrogens is 2. The third-order valence-electron chi connectivity index (χ3n) is 16.4. The number of rotatable bonds is 10. The molecule has 0 aliphatic heterocycles. The predicted molar refractivity (Wildman–Crippen MR) is 321 cm³/mol. The number of hydrogen-bond acceptors (Lipinski definition) is 2. The molecule has 0 unspecified atom stereocenters. The molecule has 0 radical (unpaired) electrons. The fourth-order valence-electron chi connectivity index (χ4n) is 13.1. The Kier molecular flexibility index (Phi) is 10.9. The number of allylic oxidation sites excluding steroid dienone is 1.